The highest BCUT2D eigenvalue weighted by atomic mass is 16.2. The van der Waals surface area contributed by atoms with Gasteiger partial charge in [0.15, 0.2) is 0 Å². The van der Waals surface area contributed by atoms with Gasteiger partial charge < -0.3 is 4.90 Å². The van der Waals surface area contributed by atoms with Crippen molar-refractivity contribution in [3.05, 3.63) is 35.9 Å². The van der Waals surface area contributed by atoms with Gasteiger partial charge in [-0.3, -0.25) is 10.1 Å². The van der Waals surface area contributed by atoms with Crippen LogP contribution in [0.5, 0.6) is 0 Å². The second kappa shape index (κ2) is 6.40. The first-order valence-electron chi connectivity index (χ1n) is 6.08. The molecular formula is C14H22N2O. The van der Waals surface area contributed by atoms with Gasteiger partial charge in [-0.05, 0) is 18.9 Å². The summed E-state index contributed by atoms with van der Waals surface area (Å²) < 4.78 is 0. The quantitative estimate of drug-likeness (QED) is 0.847. The van der Waals surface area contributed by atoms with E-state index < -0.39 is 0 Å². The number of likely N-dealkylation sites (N-methyl/N-ethyl adjacent to an activating group) is 1. The molecule has 0 saturated heterocycles. The number of amides is 1. The Balaban J connectivity index is 2.68. The zero-order chi connectivity index (χ0) is 12.8. The van der Waals surface area contributed by atoms with E-state index in [9.17, 15) is 4.79 Å². The standard InChI is InChI=1S/C14H22N2O/c1-5-13(12-9-7-6-8-10-12)15-11(2)14(17)16(3)4/h6-11,13,15H,5H2,1-4H3. The lowest BCUT2D eigenvalue weighted by atomic mass is 10.0. The van der Waals surface area contributed by atoms with Crippen molar-refractivity contribution in [3.8, 4) is 0 Å². The highest BCUT2D eigenvalue weighted by molar-refractivity contribution is 5.80. The number of nitrogens with one attached hydrogen (secondary N) is 1. The molecule has 0 aliphatic heterocycles. The maximum Gasteiger partial charge on any atom is 0.238 e. The Hall–Kier alpha value is -1.35. The van der Waals surface area contributed by atoms with Gasteiger partial charge >= 0.3 is 0 Å². The van der Waals surface area contributed by atoms with E-state index in [1.807, 2.05) is 25.1 Å². The van der Waals surface area contributed by atoms with Crippen molar-refractivity contribution in [2.75, 3.05) is 14.1 Å². The highest BCUT2D eigenvalue weighted by Crippen LogP contribution is 2.16. The number of hydrogen-bond donors (Lipinski definition) is 1. The Morgan fingerprint density at radius 1 is 1.29 bits per heavy atom. The summed E-state index contributed by atoms with van der Waals surface area (Å²) >= 11 is 0. The Bertz CT molecular complexity index is 348. The minimum absolute atomic E-state index is 0.111. The highest BCUT2D eigenvalue weighted by Gasteiger charge is 2.18. The predicted molar refractivity (Wildman–Crippen MR) is 70.8 cm³/mol. The van der Waals surface area contributed by atoms with Gasteiger partial charge in [0.1, 0.15) is 0 Å². The van der Waals surface area contributed by atoms with Crippen LogP contribution in [-0.2, 0) is 4.79 Å². The van der Waals surface area contributed by atoms with Crippen molar-refractivity contribution < 1.29 is 4.79 Å². The van der Waals surface area contributed by atoms with Gasteiger partial charge in [-0.25, -0.2) is 0 Å². The molecule has 3 nitrogen and oxygen atoms in total. The number of hydrogen-bond acceptors (Lipinski definition) is 2. The molecule has 1 rings (SSSR count). The fourth-order valence-corrected chi connectivity index (χ4v) is 1.90. The molecule has 0 heterocycles. The van der Waals surface area contributed by atoms with Gasteiger partial charge in [0.25, 0.3) is 0 Å². The summed E-state index contributed by atoms with van der Waals surface area (Å²) in [7, 11) is 3.56. The molecule has 2 unspecified atom stereocenters. The number of carbonyl (C=O) groups excluding carboxylic acids is 1. The maximum atomic E-state index is 11.8. The van der Waals surface area contributed by atoms with Crippen molar-refractivity contribution in [1.82, 2.24) is 10.2 Å². The Kier molecular flexibility index (Phi) is 5.16. The third kappa shape index (κ3) is 3.86. The molecule has 0 aliphatic rings. The van der Waals surface area contributed by atoms with Crippen LogP contribution in [-0.4, -0.2) is 30.9 Å². The third-order valence-electron chi connectivity index (χ3n) is 2.87. The van der Waals surface area contributed by atoms with E-state index in [0.717, 1.165) is 6.42 Å². The third-order valence-corrected chi connectivity index (χ3v) is 2.87. The Labute approximate surface area is 104 Å². The average molecular weight is 234 g/mol. The lowest BCUT2D eigenvalue weighted by Gasteiger charge is -2.24. The summed E-state index contributed by atoms with van der Waals surface area (Å²) in [4.78, 5) is 13.4. The first-order chi connectivity index (χ1) is 8.06. The maximum absolute atomic E-state index is 11.8. The average Bonchev–Trinajstić information content (AvgIpc) is 2.35. The van der Waals surface area contributed by atoms with Crippen LogP contribution in [0.1, 0.15) is 31.9 Å². The SMILES string of the molecule is CCC(NC(C)C(=O)N(C)C)c1ccccc1. The lowest BCUT2D eigenvalue weighted by molar-refractivity contribution is -0.130. The summed E-state index contributed by atoms with van der Waals surface area (Å²) in [6, 6.07) is 10.3. The van der Waals surface area contributed by atoms with Crippen molar-refractivity contribution in [3.63, 3.8) is 0 Å². The van der Waals surface area contributed by atoms with E-state index >= 15 is 0 Å². The predicted octanol–water partition coefficient (Wildman–Crippen LogP) is 2.20. The normalized spacial score (nSPS) is 14.1. The van der Waals surface area contributed by atoms with Crippen LogP contribution < -0.4 is 5.32 Å². The molecule has 94 valence electrons. The fourth-order valence-electron chi connectivity index (χ4n) is 1.90. The molecule has 17 heavy (non-hydrogen) atoms. The van der Waals surface area contributed by atoms with Crippen LogP contribution in [0.3, 0.4) is 0 Å². The zero-order valence-corrected chi connectivity index (χ0v) is 11.1. The number of nitrogens with zero attached hydrogens (tertiary/aromatic N) is 1. The van der Waals surface area contributed by atoms with E-state index in [1.54, 1.807) is 19.0 Å². The summed E-state index contributed by atoms with van der Waals surface area (Å²) in [6.07, 6.45) is 0.967. The van der Waals surface area contributed by atoms with E-state index in [2.05, 4.69) is 24.4 Å². The second-order valence-electron chi connectivity index (χ2n) is 4.49. The molecule has 3 heteroatoms. The first kappa shape index (κ1) is 13.7. The molecule has 0 bridgehead atoms. The zero-order valence-electron chi connectivity index (χ0n) is 11.1. The summed E-state index contributed by atoms with van der Waals surface area (Å²) in [5.74, 6) is 0.111. The van der Waals surface area contributed by atoms with E-state index in [1.165, 1.54) is 5.56 Å². The van der Waals surface area contributed by atoms with Crippen molar-refractivity contribution in [2.45, 2.75) is 32.4 Å². The van der Waals surface area contributed by atoms with Gasteiger partial charge in [-0.15, -0.1) is 0 Å². The monoisotopic (exact) mass is 234 g/mol. The Morgan fingerprint density at radius 3 is 2.35 bits per heavy atom. The van der Waals surface area contributed by atoms with Crippen LogP contribution in [0, 0.1) is 0 Å². The summed E-state index contributed by atoms with van der Waals surface area (Å²) in [6.45, 7) is 4.03. The lowest BCUT2D eigenvalue weighted by Crippen LogP contribution is -2.42. The van der Waals surface area contributed by atoms with Gasteiger partial charge in [0.05, 0.1) is 6.04 Å². The van der Waals surface area contributed by atoms with Crippen LogP contribution >= 0.6 is 0 Å². The number of benzene rings is 1. The number of carbonyl (C=O) groups is 1. The topological polar surface area (TPSA) is 32.3 Å². The molecule has 0 fully saturated rings. The van der Waals surface area contributed by atoms with Crippen LogP contribution in [0.15, 0.2) is 30.3 Å². The Morgan fingerprint density at radius 2 is 1.88 bits per heavy atom. The molecule has 0 radical (unpaired) electrons. The molecular weight excluding hydrogens is 212 g/mol. The van der Waals surface area contributed by atoms with Crippen molar-refractivity contribution >= 4 is 5.91 Å². The van der Waals surface area contributed by atoms with Gasteiger partial charge in [-0.1, -0.05) is 37.3 Å². The minimum atomic E-state index is -0.157. The molecule has 1 N–H and O–H groups in total. The molecule has 0 saturated carbocycles. The van der Waals surface area contributed by atoms with Crippen molar-refractivity contribution in [2.24, 2.45) is 0 Å². The largest absolute Gasteiger partial charge is 0.347 e. The van der Waals surface area contributed by atoms with E-state index in [0.29, 0.717) is 0 Å². The molecule has 1 amide bonds. The molecule has 1 aromatic rings. The summed E-state index contributed by atoms with van der Waals surface area (Å²) in [5, 5.41) is 3.37. The smallest absolute Gasteiger partial charge is 0.238 e. The van der Waals surface area contributed by atoms with Crippen LogP contribution in [0.25, 0.3) is 0 Å². The molecule has 0 aliphatic carbocycles. The number of rotatable bonds is 5. The molecule has 0 spiro atoms. The van der Waals surface area contributed by atoms with Gasteiger partial charge in [0, 0.05) is 20.1 Å². The molecule has 1 aromatic carbocycles. The summed E-state index contributed by atoms with van der Waals surface area (Å²) in [5.41, 5.74) is 1.23. The first-order valence-corrected chi connectivity index (χ1v) is 6.08. The minimum Gasteiger partial charge on any atom is -0.347 e. The van der Waals surface area contributed by atoms with Gasteiger partial charge in [-0.2, -0.15) is 0 Å². The van der Waals surface area contributed by atoms with E-state index in [-0.39, 0.29) is 18.0 Å². The van der Waals surface area contributed by atoms with Crippen LogP contribution in [0.2, 0.25) is 0 Å². The van der Waals surface area contributed by atoms with Crippen LogP contribution in [0.4, 0.5) is 0 Å². The molecule has 2 atom stereocenters. The van der Waals surface area contributed by atoms with Gasteiger partial charge in [0.2, 0.25) is 5.91 Å². The second-order valence-corrected chi connectivity index (χ2v) is 4.49. The fraction of sp³-hybridized carbons (Fsp3) is 0.500. The van der Waals surface area contributed by atoms with E-state index in [4.69, 9.17) is 0 Å². The van der Waals surface area contributed by atoms with Crippen molar-refractivity contribution in [1.29, 1.82) is 0 Å². The molecule has 0 aromatic heterocycles.